The molecule has 1 nitrogen and oxygen atoms in total. The zero-order chi connectivity index (χ0) is 13.1. The summed E-state index contributed by atoms with van der Waals surface area (Å²) in [5, 5.41) is 5.20. The van der Waals surface area contributed by atoms with Crippen LogP contribution in [0.4, 0.5) is 0 Å². The summed E-state index contributed by atoms with van der Waals surface area (Å²) in [7, 11) is 0. The molecule has 0 amide bonds. The van der Waals surface area contributed by atoms with Gasteiger partial charge in [0.1, 0.15) is 0 Å². The molecular weight excluding hydrogens is 265 g/mol. The van der Waals surface area contributed by atoms with Crippen molar-refractivity contribution in [2.75, 3.05) is 0 Å². The Balaban J connectivity index is 2.02. The van der Waals surface area contributed by atoms with Gasteiger partial charge in [-0.1, -0.05) is 36.0 Å². The highest BCUT2D eigenvalue weighted by atomic mass is 35.5. The molecule has 1 N–H and O–H groups in total. The third kappa shape index (κ3) is 3.40. The van der Waals surface area contributed by atoms with Gasteiger partial charge < -0.3 is 5.32 Å². The van der Waals surface area contributed by atoms with Crippen LogP contribution in [-0.2, 0) is 0 Å². The average Bonchev–Trinajstić information content (AvgIpc) is 2.85. The third-order valence-corrected chi connectivity index (χ3v) is 4.62. The van der Waals surface area contributed by atoms with Gasteiger partial charge in [0.15, 0.2) is 0 Å². The van der Waals surface area contributed by atoms with E-state index in [-0.39, 0.29) is 6.04 Å². The molecule has 0 heterocycles. The largest absolute Gasteiger partial charge is 0.307 e. The van der Waals surface area contributed by atoms with Crippen molar-refractivity contribution >= 4 is 23.2 Å². The molecular formula is C15H21Cl2N. The van der Waals surface area contributed by atoms with Crippen LogP contribution in [0.1, 0.15) is 51.1 Å². The molecule has 0 aromatic heterocycles. The van der Waals surface area contributed by atoms with Gasteiger partial charge in [-0.25, -0.2) is 0 Å². The van der Waals surface area contributed by atoms with Gasteiger partial charge in [-0.3, -0.25) is 0 Å². The molecule has 0 radical (unpaired) electrons. The van der Waals surface area contributed by atoms with Crippen molar-refractivity contribution in [1.82, 2.24) is 5.32 Å². The van der Waals surface area contributed by atoms with Crippen molar-refractivity contribution in [3.05, 3.63) is 33.8 Å². The topological polar surface area (TPSA) is 12.0 Å². The first kappa shape index (κ1) is 14.2. The molecule has 1 aromatic rings. The van der Waals surface area contributed by atoms with E-state index in [1.165, 1.54) is 25.7 Å². The van der Waals surface area contributed by atoms with Crippen molar-refractivity contribution in [1.29, 1.82) is 0 Å². The Labute approximate surface area is 120 Å². The van der Waals surface area contributed by atoms with Crippen molar-refractivity contribution in [2.45, 2.75) is 51.6 Å². The fourth-order valence-corrected chi connectivity index (χ4v) is 3.39. The maximum absolute atomic E-state index is 6.24. The zero-order valence-electron chi connectivity index (χ0n) is 11.0. The van der Waals surface area contributed by atoms with Crippen LogP contribution in [0.3, 0.4) is 0 Å². The number of hydrogen-bond donors (Lipinski definition) is 1. The van der Waals surface area contributed by atoms with Gasteiger partial charge in [0.2, 0.25) is 0 Å². The molecule has 2 unspecified atom stereocenters. The van der Waals surface area contributed by atoms with E-state index in [0.717, 1.165) is 21.5 Å². The smallest absolute Gasteiger partial charge is 0.0454 e. The van der Waals surface area contributed by atoms with Crippen LogP contribution in [0.5, 0.6) is 0 Å². The van der Waals surface area contributed by atoms with E-state index in [9.17, 15) is 0 Å². The quantitative estimate of drug-likeness (QED) is 0.799. The van der Waals surface area contributed by atoms with Gasteiger partial charge in [-0.2, -0.15) is 0 Å². The monoisotopic (exact) mass is 285 g/mol. The average molecular weight is 286 g/mol. The molecule has 0 spiro atoms. The van der Waals surface area contributed by atoms with E-state index in [0.29, 0.717) is 6.04 Å². The number of nitrogens with one attached hydrogen (secondary N) is 1. The highest BCUT2D eigenvalue weighted by Gasteiger charge is 2.23. The van der Waals surface area contributed by atoms with Crippen LogP contribution in [-0.4, -0.2) is 6.04 Å². The molecule has 1 aliphatic rings. The highest BCUT2D eigenvalue weighted by Crippen LogP contribution is 2.31. The molecule has 0 aliphatic heterocycles. The van der Waals surface area contributed by atoms with E-state index < -0.39 is 0 Å². The molecule has 3 heteroatoms. The van der Waals surface area contributed by atoms with E-state index in [1.54, 1.807) is 0 Å². The summed E-state index contributed by atoms with van der Waals surface area (Å²) >= 11 is 12.3. The van der Waals surface area contributed by atoms with Crippen molar-refractivity contribution in [3.63, 3.8) is 0 Å². The predicted octanol–water partition coefficient (Wildman–Crippen LogP) is 5.22. The zero-order valence-corrected chi connectivity index (χ0v) is 12.6. The summed E-state index contributed by atoms with van der Waals surface area (Å²) in [6.07, 6.45) is 5.46. The summed E-state index contributed by atoms with van der Waals surface area (Å²) in [5.41, 5.74) is 1.09. The Morgan fingerprint density at radius 3 is 2.50 bits per heavy atom. The number of benzene rings is 1. The van der Waals surface area contributed by atoms with Crippen LogP contribution >= 0.6 is 23.2 Å². The van der Waals surface area contributed by atoms with E-state index >= 15 is 0 Å². The molecule has 18 heavy (non-hydrogen) atoms. The second-order valence-electron chi connectivity index (χ2n) is 5.39. The third-order valence-electron chi connectivity index (χ3n) is 4.04. The number of hydrogen-bond acceptors (Lipinski definition) is 1. The molecule has 2 atom stereocenters. The summed E-state index contributed by atoms with van der Waals surface area (Å²) in [4.78, 5) is 0. The molecule has 1 aromatic carbocycles. The molecule has 1 saturated carbocycles. The summed E-state index contributed by atoms with van der Waals surface area (Å²) in [6, 6.07) is 6.45. The molecule has 100 valence electrons. The minimum Gasteiger partial charge on any atom is -0.307 e. The van der Waals surface area contributed by atoms with E-state index in [1.807, 2.05) is 18.2 Å². The summed E-state index contributed by atoms with van der Waals surface area (Å²) in [5.74, 6) is 0.811. The first-order valence-corrected chi connectivity index (χ1v) is 7.54. The maximum Gasteiger partial charge on any atom is 0.0454 e. The highest BCUT2D eigenvalue weighted by molar-refractivity contribution is 6.33. The summed E-state index contributed by atoms with van der Waals surface area (Å²) in [6.45, 7) is 4.44. The normalized spacial score (nSPS) is 20.0. The molecule has 1 aliphatic carbocycles. The Kier molecular flexibility index (Phi) is 4.94. The van der Waals surface area contributed by atoms with Gasteiger partial charge in [0.25, 0.3) is 0 Å². The van der Waals surface area contributed by atoms with Crippen LogP contribution in [0.25, 0.3) is 0 Å². The fourth-order valence-electron chi connectivity index (χ4n) is 2.92. The van der Waals surface area contributed by atoms with E-state index in [4.69, 9.17) is 23.2 Å². The first-order valence-electron chi connectivity index (χ1n) is 6.79. The minimum atomic E-state index is 0.242. The second-order valence-corrected chi connectivity index (χ2v) is 6.23. The Bertz CT molecular complexity index is 399. The van der Waals surface area contributed by atoms with Crippen LogP contribution in [0, 0.1) is 5.92 Å². The van der Waals surface area contributed by atoms with Gasteiger partial charge in [-0.15, -0.1) is 0 Å². The molecule has 2 rings (SSSR count). The van der Waals surface area contributed by atoms with Crippen molar-refractivity contribution in [3.8, 4) is 0 Å². The van der Waals surface area contributed by atoms with E-state index in [2.05, 4.69) is 19.2 Å². The standard InChI is InChI=1S/C15H21Cl2N/c1-10(12-5-3-4-6-12)18-11(2)14-9-13(16)7-8-15(14)17/h7-12,18H,3-6H2,1-2H3. The lowest BCUT2D eigenvalue weighted by molar-refractivity contribution is 0.352. The summed E-state index contributed by atoms with van der Waals surface area (Å²) < 4.78 is 0. The van der Waals surface area contributed by atoms with Crippen LogP contribution in [0.2, 0.25) is 10.0 Å². The predicted molar refractivity (Wildman–Crippen MR) is 79.4 cm³/mol. The van der Waals surface area contributed by atoms with Gasteiger partial charge in [0, 0.05) is 22.1 Å². The lowest BCUT2D eigenvalue weighted by Gasteiger charge is -2.25. The lowest BCUT2D eigenvalue weighted by atomic mass is 9.98. The van der Waals surface area contributed by atoms with Crippen molar-refractivity contribution < 1.29 is 0 Å². The van der Waals surface area contributed by atoms with Crippen LogP contribution in [0.15, 0.2) is 18.2 Å². The fraction of sp³-hybridized carbons (Fsp3) is 0.600. The lowest BCUT2D eigenvalue weighted by Crippen LogP contribution is -2.34. The molecule has 0 saturated heterocycles. The first-order chi connectivity index (χ1) is 8.58. The van der Waals surface area contributed by atoms with Gasteiger partial charge in [-0.05, 0) is 56.4 Å². The number of halogens is 2. The van der Waals surface area contributed by atoms with Gasteiger partial charge in [0.05, 0.1) is 0 Å². The molecule has 1 fully saturated rings. The minimum absolute atomic E-state index is 0.242. The van der Waals surface area contributed by atoms with Crippen molar-refractivity contribution in [2.24, 2.45) is 5.92 Å². The molecule has 0 bridgehead atoms. The van der Waals surface area contributed by atoms with Crippen LogP contribution < -0.4 is 5.32 Å². The Morgan fingerprint density at radius 1 is 1.17 bits per heavy atom. The van der Waals surface area contributed by atoms with Gasteiger partial charge >= 0.3 is 0 Å². The Morgan fingerprint density at radius 2 is 1.83 bits per heavy atom. The number of rotatable bonds is 4. The second kappa shape index (κ2) is 6.27. The Hall–Kier alpha value is -0.240. The maximum atomic E-state index is 6.24. The SMILES string of the molecule is CC(NC(C)C1CCCC1)c1cc(Cl)ccc1Cl.